The number of rotatable bonds is 5. The molecular weight excluding hydrogens is 552 g/mol. The number of anilines is 3. The van der Waals surface area contributed by atoms with Gasteiger partial charge in [0.05, 0.1) is 16.5 Å². The molecule has 3 aromatic rings. The molecule has 0 aromatic heterocycles. The van der Waals surface area contributed by atoms with E-state index in [9.17, 15) is 9.59 Å². The van der Waals surface area contributed by atoms with Gasteiger partial charge >= 0.3 is 0 Å². The quantitative estimate of drug-likeness (QED) is 0.218. The van der Waals surface area contributed by atoms with Crippen LogP contribution >= 0.6 is 58.0 Å². The fraction of sp³-hybridized carbons (Fsp3) is 0.200. The number of benzene rings is 3. The van der Waals surface area contributed by atoms with Crippen LogP contribution in [0.25, 0.3) is 0 Å². The third kappa shape index (κ3) is 5.20. The number of nitrogens with two attached hydrogens (primary N) is 1. The molecule has 5 nitrogen and oxygen atoms in total. The largest absolute Gasteiger partial charge is 0.399 e. The van der Waals surface area contributed by atoms with Crippen LogP contribution in [0.3, 0.4) is 0 Å². The fourth-order valence-electron chi connectivity index (χ4n) is 3.99. The summed E-state index contributed by atoms with van der Waals surface area (Å²) in [6.07, 6.45) is 0. The van der Waals surface area contributed by atoms with Crippen molar-refractivity contribution in [2.75, 3.05) is 16.4 Å². The second-order valence-corrected chi connectivity index (χ2v) is 11.1. The summed E-state index contributed by atoms with van der Waals surface area (Å²) in [5.41, 5.74) is 10.1. The zero-order valence-corrected chi connectivity index (χ0v) is 22.3. The van der Waals surface area contributed by atoms with Gasteiger partial charge in [0.25, 0.3) is 5.91 Å². The topological polar surface area (TPSA) is 84.2 Å². The highest BCUT2D eigenvalue weighted by Crippen LogP contribution is 2.65. The van der Waals surface area contributed by atoms with E-state index < -0.39 is 28.0 Å². The van der Waals surface area contributed by atoms with Gasteiger partial charge in [0.2, 0.25) is 5.91 Å². The Balaban J connectivity index is 1.52. The van der Waals surface area contributed by atoms with Gasteiger partial charge in [-0.2, -0.15) is 0 Å². The predicted octanol–water partition coefficient (Wildman–Crippen LogP) is 7.62. The van der Waals surface area contributed by atoms with Crippen molar-refractivity contribution in [1.82, 2.24) is 0 Å². The molecule has 0 aliphatic heterocycles. The maximum absolute atomic E-state index is 13.0. The molecule has 182 valence electrons. The van der Waals surface area contributed by atoms with Crippen LogP contribution in [0.1, 0.15) is 33.0 Å². The molecular formula is C25H20Cl5N3O2. The number of alkyl halides is 2. The lowest BCUT2D eigenvalue weighted by Gasteiger charge is -2.14. The molecule has 10 heteroatoms. The molecule has 3 aromatic carbocycles. The van der Waals surface area contributed by atoms with Gasteiger partial charge in [0, 0.05) is 33.0 Å². The maximum atomic E-state index is 13.0. The Morgan fingerprint density at radius 2 is 1.54 bits per heavy atom. The minimum atomic E-state index is -1.32. The van der Waals surface area contributed by atoms with Crippen molar-refractivity contribution in [3.63, 3.8) is 0 Å². The Labute approximate surface area is 227 Å². The molecule has 0 bridgehead atoms. The van der Waals surface area contributed by atoms with Crippen LogP contribution in [0.5, 0.6) is 0 Å². The van der Waals surface area contributed by atoms with Crippen molar-refractivity contribution < 1.29 is 9.59 Å². The molecule has 2 amide bonds. The van der Waals surface area contributed by atoms with Crippen LogP contribution in [-0.4, -0.2) is 16.1 Å². The minimum absolute atomic E-state index is 0.190. The lowest BCUT2D eigenvalue weighted by Crippen LogP contribution is -2.18. The molecule has 0 radical (unpaired) electrons. The van der Waals surface area contributed by atoms with E-state index in [2.05, 4.69) is 10.6 Å². The van der Waals surface area contributed by atoms with Crippen molar-refractivity contribution >= 4 is 86.9 Å². The van der Waals surface area contributed by atoms with Gasteiger partial charge in [-0.05, 0) is 79.1 Å². The maximum Gasteiger partial charge on any atom is 0.257 e. The number of nitrogens with one attached hydrogen (secondary N) is 2. The highest BCUT2D eigenvalue weighted by Gasteiger charge is 2.67. The Hall–Kier alpha value is -2.15. The van der Waals surface area contributed by atoms with Crippen molar-refractivity contribution in [2.24, 2.45) is 5.92 Å². The van der Waals surface area contributed by atoms with Gasteiger partial charge in [-0.15, -0.1) is 23.2 Å². The van der Waals surface area contributed by atoms with Gasteiger partial charge in [0.15, 0.2) is 0 Å². The van der Waals surface area contributed by atoms with E-state index in [0.29, 0.717) is 32.7 Å². The van der Waals surface area contributed by atoms with Gasteiger partial charge in [-0.1, -0.05) is 34.8 Å². The first-order valence-corrected chi connectivity index (χ1v) is 12.4. The summed E-state index contributed by atoms with van der Waals surface area (Å²) in [6, 6.07) is 13.0. The lowest BCUT2D eigenvalue weighted by atomic mass is 10.1. The number of carbonyl (C=O) groups is 2. The molecule has 2 atom stereocenters. The number of amides is 2. The van der Waals surface area contributed by atoms with E-state index in [1.807, 2.05) is 13.8 Å². The molecule has 1 saturated carbocycles. The average Bonchev–Trinajstić information content (AvgIpc) is 3.36. The number of carbonyl (C=O) groups excluding carboxylic acids is 2. The van der Waals surface area contributed by atoms with Crippen molar-refractivity contribution in [3.8, 4) is 0 Å². The average molecular weight is 572 g/mol. The van der Waals surface area contributed by atoms with Gasteiger partial charge in [-0.3, -0.25) is 9.59 Å². The van der Waals surface area contributed by atoms with Crippen LogP contribution in [0.4, 0.5) is 17.1 Å². The number of halogens is 5. The molecule has 0 saturated heterocycles. The molecule has 0 unspecified atom stereocenters. The van der Waals surface area contributed by atoms with Crippen LogP contribution in [0.2, 0.25) is 15.1 Å². The predicted molar refractivity (Wildman–Crippen MR) is 145 cm³/mol. The standard InChI is InChI=1S/C25H20Cl5N3O2/c1-11-12(2)20(6-5-19(11)31)33-23(34)17-10-16(3-4-18(17)28)32-24(35)22-21(25(22,29)30)13-7-14(26)9-15(27)8-13/h3-10,21-22H,31H2,1-2H3,(H,32,35)(H,33,34)/t21-,22+/m0/s1. The monoisotopic (exact) mass is 569 g/mol. The van der Waals surface area contributed by atoms with E-state index in [1.54, 1.807) is 36.4 Å². The highest BCUT2D eigenvalue weighted by molar-refractivity contribution is 6.53. The molecule has 1 aliphatic rings. The molecule has 1 fully saturated rings. The fourth-order valence-corrected chi connectivity index (χ4v) is 5.56. The summed E-state index contributed by atoms with van der Waals surface area (Å²) in [7, 11) is 0. The summed E-state index contributed by atoms with van der Waals surface area (Å²) in [5, 5.41) is 6.69. The van der Waals surface area contributed by atoms with Gasteiger partial charge in [0.1, 0.15) is 4.33 Å². The molecule has 0 spiro atoms. The summed E-state index contributed by atoms with van der Waals surface area (Å²) >= 11 is 31.3. The Morgan fingerprint density at radius 3 is 2.20 bits per heavy atom. The first-order chi connectivity index (χ1) is 16.4. The van der Waals surface area contributed by atoms with Crippen LogP contribution in [-0.2, 0) is 4.79 Å². The van der Waals surface area contributed by atoms with Crippen molar-refractivity contribution in [2.45, 2.75) is 24.1 Å². The lowest BCUT2D eigenvalue weighted by molar-refractivity contribution is -0.117. The van der Waals surface area contributed by atoms with Crippen molar-refractivity contribution in [3.05, 3.63) is 85.9 Å². The second kappa shape index (κ2) is 9.72. The molecule has 0 heterocycles. The van der Waals surface area contributed by atoms with Crippen LogP contribution in [0.15, 0.2) is 48.5 Å². The van der Waals surface area contributed by atoms with E-state index in [-0.39, 0.29) is 10.6 Å². The van der Waals surface area contributed by atoms with Gasteiger partial charge in [-0.25, -0.2) is 0 Å². The zero-order chi connectivity index (χ0) is 25.7. The number of hydrogen-bond acceptors (Lipinski definition) is 3. The summed E-state index contributed by atoms with van der Waals surface area (Å²) in [6.45, 7) is 3.74. The third-order valence-corrected chi connectivity index (χ3v) is 7.84. The van der Waals surface area contributed by atoms with E-state index in [4.69, 9.17) is 63.7 Å². The van der Waals surface area contributed by atoms with E-state index in [1.165, 1.54) is 12.1 Å². The first kappa shape index (κ1) is 25.9. The first-order valence-electron chi connectivity index (χ1n) is 10.5. The molecule has 4 rings (SSSR count). The van der Waals surface area contributed by atoms with Crippen LogP contribution in [0, 0.1) is 19.8 Å². The summed E-state index contributed by atoms with van der Waals surface area (Å²) in [5.74, 6) is -2.07. The SMILES string of the molecule is Cc1c(N)ccc(NC(=O)c2cc(NC(=O)[C@H]3[C@H](c4cc(Cl)cc(Cl)c4)C3(Cl)Cl)ccc2Cl)c1C. The van der Waals surface area contributed by atoms with Crippen molar-refractivity contribution in [1.29, 1.82) is 0 Å². The molecule has 35 heavy (non-hydrogen) atoms. The summed E-state index contributed by atoms with van der Waals surface area (Å²) < 4.78 is -1.32. The van der Waals surface area contributed by atoms with E-state index in [0.717, 1.165) is 11.1 Å². The normalized spacial score (nSPS) is 18.1. The van der Waals surface area contributed by atoms with E-state index >= 15 is 0 Å². The number of hydrogen-bond donors (Lipinski definition) is 3. The third-order valence-electron chi connectivity index (χ3n) is 6.14. The smallest absolute Gasteiger partial charge is 0.257 e. The number of nitrogen functional groups attached to an aromatic ring is 1. The molecule has 1 aliphatic carbocycles. The Morgan fingerprint density at radius 1 is 0.886 bits per heavy atom. The zero-order valence-electron chi connectivity index (χ0n) is 18.6. The van der Waals surface area contributed by atoms with Crippen LogP contribution < -0.4 is 16.4 Å². The van der Waals surface area contributed by atoms with Gasteiger partial charge < -0.3 is 16.4 Å². The second-order valence-electron chi connectivity index (χ2n) is 8.42. The Kier molecular flexibility index (Phi) is 7.20. The Bertz CT molecular complexity index is 1340. The summed E-state index contributed by atoms with van der Waals surface area (Å²) in [4.78, 5) is 26.0. The highest BCUT2D eigenvalue weighted by atomic mass is 35.5. The minimum Gasteiger partial charge on any atom is -0.399 e. The molecule has 4 N–H and O–H groups in total.